The van der Waals surface area contributed by atoms with Crippen molar-refractivity contribution in [3.63, 3.8) is 0 Å². The van der Waals surface area contributed by atoms with Crippen LogP contribution in [0.3, 0.4) is 0 Å². The number of amides is 1. The zero-order chi connectivity index (χ0) is 13.2. The van der Waals surface area contributed by atoms with Crippen molar-refractivity contribution in [2.24, 2.45) is 0 Å². The molecule has 96 valence electrons. The summed E-state index contributed by atoms with van der Waals surface area (Å²) in [6, 6.07) is 2.90. The number of hydrogen-bond donors (Lipinski definition) is 1. The van der Waals surface area contributed by atoms with Crippen LogP contribution in [0.5, 0.6) is 0 Å². The molecule has 5 nitrogen and oxygen atoms in total. The van der Waals surface area contributed by atoms with Crippen molar-refractivity contribution in [2.45, 2.75) is 6.42 Å². The molecule has 0 aliphatic rings. The molecule has 0 aliphatic carbocycles. The molecule has 0 fully saturated rings. The van der Waals surface area contributed by atoms with Crippen LogP contribution in [-0.2, 0) is 11.2 Å². The highest BCUT2D eigenvalue weighted by Gasteiger charge is 2.09. The van der Waals surface area contributed by atoms with Crippen molar-refractivity contribution < 1.29 is 9.18 Å². The van der Waals surface area contributed by atoms with Gasteiger partial charge in [0, 0.05) is 24.0 Å². The van der Waals surface area contributed by atoms with Crippen molar-refractivity contribution >= 4 is 28.0 Å². The number of nitrogens with zero attached hydrogens (tertiary/aromatic N) is 3. The standard InChI is InChI=1S/C12H9FN4OS/c13-8-1-2-10-15-9(7-17(10)6-8)5-11(18)16-12-14-3-4-19-12/h1-4,6-7H,5H2,(H,14,16,18). The van der Waals surface area contributed by atoms with Crippen molar-refractivity contribution in [3.05, 3.63) is 47.6 Å². The van der Waals surface area contributed by atoms with Crippen molar-refractivity contribution in [2.75, 3.05) is 5.32 Å². The van der Waals surface area contributed by atoms with Crippen LogP contribution in [-0.4, -0.2) is 20.3 Å². The van der Waals surface area contributed by atoms with E-state index in [4.69, 9.17) is 0 Å². The molecule has 0 saturated carbocycles. The molecule has 0 unspecified atom stereocenters. The molecular formula is C12H9FN4OS. The van der Waals surface area contributed by atoms with E-state index in [9.17, 15) is 9.18 Å². The van der Waals surface area contributed by atoms with E-state index in [1.165, 1.54) is 23.6 Å². The van der Waals surface area contributed by atoms with Crippen LogP contribution in [0.4, 0.5) is 9.52 Å². The van der Waals surface area contributed by atoms with Crippen LogP contribution < -0.4 is 5.32 Å². The van der Waals surface area contributed by atoms with Gasteiger partial charge in [0.2, 0.25) is 5.91 Å². The highest BCUT2D eigenvalue weighted by Crippen LogP contribution is 2.12. The average molecular weight is 276 g/mol. The predicted octanol–water partition coefficient (Wildman–Crippen LogP) is 2.11. The van der Waals surface area contributed by atoms with Crippen molar-refractivity contribution in [1.29, 1.82) is 0 Å². The molecule has 1 amide bonds. The number of fused-ring (bicyclic) bond motifs is 1. The number of anilines is 1. The maximum Gasteiger partial charge on any atom is 0.232 e. The summed E-state index contributed by atoms with van der Waals surface area (Å²) in [5.74, 6) is -0.539. The smallest absolute Gasteiger partial charge is 0.232 e. The van der Waals surface area contributed by atoms with Gasteiger partial charge in [-0.3, -0.25) is 4.79 Å². The van der Waals surface area contributed by atoms with Crippen LogP contribution in [0.25, 0.3) is 5.65 Å². The first-order valence-corrected chi connectivity index (χ1v) is 6.41. The molecule has 0 spiro atoms. The van der Waals surface area contributed by atoms with Crippen LogP contribution >= 0.6 is 11.3 Å². The Bertz CT molecular complexity index is 722. The molecule has 1 N–H and O–H groups in total. The van der Waals surface area contributed by atoms with E-state index < -0.39 is 0 Å². The molecule has 3 rings (SSSR count). The number of aromatic nitrogens is 3. The van der Waals surface area contributed by atoms with E-state index in [0.717, 1.165) is 0 Å². The van der Waals surface area contributed by atoms with E-state index in [-0.39, 0.29) is 18.1 Å². The van der Waals surface area contributed by atoms with Crippen molar-refractivity contribution in [3.8, 4) is 0 Å². The quantitative estimate of drug-likeness (QED) is 0.797. The topological polar surface area (TPSA) is 59.3 Å². The minimum Gasteiger partial charge on any atom is -0.304 e. The second kappa shape index (κ2) is 4.77. The van der Waals surface area contributed by atoms with Gasteiger partial charge in [0.05, 0.1) is 12.1 Å². The van der Waals surface area contributed by atoms with Gasteiger partial charge in [-0.15, -0.1) is 11.3 Å². The van der Waals surface area contributed by atoms with Gasteiger partial charge >= 0.3 is 0 Å². The maximum absolute atomic E-state index is 13.0. The number of thiazole rings is 1. The molecule has 3 aromatic heterocycles. The van der Waals surface area contributed by atoms with Crippen LogP contribution in [0, 0.1) is 5.82 Å². The molecular weight excluding hydrogens is 267 g/mol. The molecule has 0 aromatic carbocycles. The first kappa shape index (κ1) is 11.8. The number of carbonyl (C=O) groups is 1. The lowest BCUT2D eigenvalue weighted by atomic mass is 10.3. The number of halogens is 1. The van der Waals surface area contributed by atoms with Crippen LogP contribution in [0.15, 0.2) is 36.1 Å². The van der Waals surface area contributed by atoms with E-state index in [2.05, 4.69) is 15.3 Å². The lowest BCUT2D eigenvalue weighted by Gasteiger charge is -1.98. The molecule has 19 heavy (non-hydrogen) atoms. The minimum atomic E-state index is -0.344. The zero-order valence-corrected chi connectivity index (χ0v) is 10.5. The molecule has 0 aliphatic heterocycles. The second-order valence-corrected chi connectivity index (χ2v) is 4.80. The second-order valence-electron chi connectivity index (χ2n) is 3.91. The predicted molar refractivity (Wildman–Crippen MR) is 69.6 cm³/mol. The summed E-state index contributed by atoms with van der Waals surface area (Å²) in [7, 11) is 0. The fraction of sp³-hybridized carbons (Fsp3) is 0.0833. The monoisotopic (exact) mass is 276 g/mol. The number of pyridine rings is 1. The Hall–Kier alpha value is -2.28. The van der Waals surface area contributed by atoms with E-state index >= 15 is 0 Å². The molecule has 0 saturated heterocycles. The Morgan fingerprint density at radius 1 is 1.42 bits per heavy atom. The summed E-state index contributed by atoms with van der Waals surface area (Å²) in [6.45, 7) is 0. The van der Waals surface area contributed by atoms with Gasteiger partial charge in [-0.05, 0) is 12.1 Å². The maximum atomic E-state index is 13.0. The summed E-state index contributed by atoms with van der Waals surface area (Å²) in [5, 5.41) is 5.01. The van der Waals surface area contributed by atoms with Crippen molar-refractivity contribution in [1.82, 2.24) is 14.4 Å². The first-order chi connectivity index (χ1) is 9.20. The normalized spacial score (nSPS) is 10.8. The number of carbonyl (C=O) groups excluding carboxylic acids is 1. The SMILES string of the molecule is O=C(Cc1cn2cc(F)ccc2n1)Nc1nccs1. The van der Waals surface area contributed by atoms with Gasteiger partial charge in [-0.1, -0.05) is 0 Å². The minimum absolute atomic E-state index is 0.128. The lowest BCUT2D eigenvalue weighted by Crippen LogP contribution is -2.14. The van der Waals surface area contributed by atoms with Gasteiger partial charge in [0.25, 0.3) is 0 Å². The third-order valence-electron chi connectivity index (χ3n) is 2.49. The Kier molecular flexibility index (Phi) is 2.96. The molecule has 3 heterocycles. The molecule has 0 bridgehead atoms. The summed E-state index contributed by atoms with van der Waals surface area (Å²) in [6.07, 6.45) is 4.71. The zero-order valence-electron chi connectivity index (χ0n) is 9.71. The van der Waals surface area contributed by atoms with Gasteiger partial charge in [0.1, 0.15) is 11.5 Å². The number of rotatable bonds is 3. The van der Waals surface area contributed by atoms with Gasteiger partial charge in [0.15, 0.2) is 5.13 Å². The van der Waals surface area contributed by atoms with E-state index in [0.29, 0.717) is 16.5 Å². The van der Waals surface area contributed by atoms with Gasteiger partial charge in [-0.2, -0.15) is 0 Å². The molecule has 0 radical (unpaired) electrons. The van der Waals surface area contributed by atoms with E-state index in [1.54, 1.807) is 28.2 Å². The number of hydrogen-bond acceptors (Lipinski definition) is 4. The Balaban J connectivity index is 1.76. The van der Waals surface area contributed by atoms with E-state index in [1.807, 2.05) is 0 Å². The lowest BCUT2D eigenvalue weighted by molar-refractivity contribution is -0.115. The summed E-state index contributed by atoms with van der Waals surface area (Å²) in [4.78, 5) is 20.0. The summed E-state index contributed by atoms with van der Waals surface area (Å²) < 4.78 is 14.6. The largest absolute Gasteiger partial charge is 0.304 e. The Labute approximate surface area is 111 Å². The third kappa shape index (κ3) is 2.60. The molecule has 0 atom stereocenters. The average Bonchev–Trinajstić information content (AvgIpc) is 2.97. The molecule has 7 heteroatoms. The fourth-order valence-electron chi connectivity index (χ4n) is 1.72. The first-order valence-electron chi connectivity index (χ1n) is 5.53. The third-order valence-corrected chi connectivity index (χ3v) is 3.17. The Morgan fingerprint density at radius 2 is 2.32 bits per heavy atom. The summed E-state index contributed by atoms with van der Waals surface area (Å²) >= 11 is 1.35. The molecule has 3 aromatic rings. The summed E-state index contributed by atoms with van der Waals surface area (Å²) in [5.41, 5.74) is 1.19. The fourth-order valence-corrected chi connectivity index (χ4v) is 2.26. The van der Waals surface area contributed by atoms with Crippen LogP contribution in [0.2, 0.25) is 0 Å². The van der Waals surface area contributed by atoms with Gasteiger partial charge in [-0.25, -0.2) is 14.4 Å². The number of nitrogens with one attached hydrogen (secondary N) is 1. The van der Waals surface area contributed by atoms with Gasteiger partial charge < -0.3 is 9.72 Å². The van der Waals surface area contributed by atoms with Crippen LogP contribution in [0.1, 0.15) is 5.69 Å². The highest BCUT2D eigenvalue weighted by molar-refractivity contribution is 7.13. The number of imidazole rings is 1. The highest BCUT2D eigenvalue weighted by atomic mass is 32.1. The Morgan fingerprint density at radius 3 is 3.11 bits per heavy atom.